The SMILES string of the molecule is CC(C)(C)N([O])c1cc(N([O])C(C)(C)C)cc(C23CC4CC(CC(C4)C2)C3)c1. The minimum atomic E-state index is -0.535. The Kier molecular flexibility index (Phi) is 4.56. The first-order valence-electron chi connectivity index (χ1n) is 11.0. The Balaban J connectivity index is 1.80. The van der Waals surface area contributed by atoms with Gasteiger partial charge in [-0.2, -0.15) is 0 Å². The Morgan fingerprint density at radius 1 is 0.714 bits per heavy atom. The van der Waals surface area contributed by atoms with E-state index in [1.807, 2.05) is 41.5 Å². The van der Waals surface area contributed by atoms with E-state index in [0.717, 1.165) is 27.9 Å². The van der Waals surface area contributed by atoms with Crippen LogP contribution >= 0.6 is 0 Å². The lowest BCUT2D eigenvalue weighted by Gasteiger charge is -2.57. The molecule has 0 aromatic heterocycles. The maximum Gasteiger partial charge on any atom is 0.0698 e. The number of benzene rings is 1. The highest BCUT2D eigenvalue weighted by atomic mass is 16.5. The third-order valence-electron chi connectivity index (χ3n) is 7.24. The van der Waals surface area contributed by atoms with E-state index in [2.05, 4.69) is 12.1 Å². The highest BCUT2D eigenvalue weighted by molar-refractivity contribution is 5.62. The van der Waals surface area contributed by atoms with Crippen LogP contribution in [0.4, 0.5) is 11.4 Å². The summed E-state index contributed by atoms with van der Waals surface area (Å²) in [5.74, 6) is 2.49. The summed E-state index contributed by atoms with van der Waals surface area (Å²) in [7, 11) is 0. The topological polar surface area (TPSA) is 46.3 Å². The largest absolute Gasteiger partial charge is 0.215 e. The molecule has 2 radical (unpaired) electrons. The molecule has 0 amide bonds. The van der Waals surface area contributed by atoms with Crippen molar-refractivity contribution in [2.75, 3.05) is 10.1 Å². The number of anilines is 2. The summed E-state index contributed by atoms with van der Waals surface area (Å²) in [6.07, 6.45) is 7.84. The van der Waals surface area contributed by atoms with E-state index in [1.54, 1.807) is 6.07 Å². The molecular weight excluding hydrogens is 348 g/mol. The fraction of sp³-hybridized carbons (Fsp3) is 0.750. The van der Waals surface area contributed by atoms with E-state index in [1.165, 1.54) is 44.1 Å². The van der Waals surface area contributed by atoms with Crippen molar-refractivity contribution in [1.82, 2.24) is 0 Å². The van der Waals surface area contributed by atoms with Crippen LogP contribution in [0.5, 0.6) is 0 Å². The zero-order valence-electron chi connectivity index (χ0n) is 18.4. The third-order valence-corrected chi connectivity index (χ3v) is 7.24. The second-order valence-electron chi connectivity index (χ2n) is 11.9. The van der Waals surface area contributed by atoms with Crippen molar-refractivity contribution in [1.29, 1.82) is 0 Å². The highest BCUT2D eigenvalue weighted by Gasteiger charge is 2.52. The van der Waals surface area contributed by atoms with Gasteiger partial charge in [0.1, 0.15) is 0 Å². The van der Waals surface area contributed by atoms with Crippen molar-refractivity contribution in [3.63, 3.8) is 0 Å². The van der Waals surface area contributed by atoms with Crippen molar-refractivity contribution < 1.29 is 10.4 Å². The quantitative estimate of drug-likeness (QED) is 0.595. The van der Waals surface area contributed by atoms with Crippen LogP contribution in [-0.2, 0) is 15.8 Å². The van der Waals surface area contributed by atoms with E-state index < -0.39 is 11.1 Å². The van der Waals surface area contributed by atoms with Gasteiger partial charge in [0, 0.05) is 0 Å². The molecule has 154 valence electrons. The summed E-state index contributed by atoms with van der Waals surface area (Å²) < 4.78 is 0. The van der Waals surface area contributed by atoms with Crippen molar-refractivity contribution >= 4 is 11.4 Å². The van der Waals surface area contributed by atoms with Crippen LogP contribution in [0.1, 0.15) is 85.6 Å². The molecule has 0 saturated heterocycles. The van der Waals surface area contributed by atoms with Crippen LogP contribution < -0.4 is 10.1 Å². The molecule has 4 aliphatic rings. The van der Waals surface area contributed by atoms with Gasteiger partial charge < -0.3 is 0 Å². The van der Waals surface area contributed by atoms with Crippen LogP contribution in [0.15, 0.2) is 18.2 Å². The zero-order valence-corrected chi connectivity index (χ0v) is 18.4. The first kappa shape index (κ1) is 20.0. The molecule has 4 nitrogen and oxygen atoms in total. The first-order chi connectivity index (χ1) is 12.9. The predicted octanol–water partition coefficient (Wildman–Crippen LogP) is 6.06. The van der Waals surface area contributed by atoms with Crippen LogP contribution in [-0.4, -0.2) is 11.1 Å². The minimum absolute atomic E-state index is 0.164. The Hall–Kier alpha value is -1.26. The molecule has 4 fully saturated rings. The predicted molar refractivity (Wildman–Crippen MR) is 112 cm³/mol. The van der Waals surface area contributed by atoms with Crippen LogP contribution in [0, 0.1) is 17.8 Å². The number of nitrogens with zero attached hydrogens (tertiary/aromatic N) is 2. The van der Waals surface area contributed by atoms with Gasteiger partial charge in [0.2, 0.25) is 0 Å². The molecule has 4 saturated carbocycles. The number of hydroxylamine groups is 2. The molecule has 4 heteroatoms. The van der Waals surface area contributed by atoms with Crippen LogP contribution in [0.25, 0.3) is 0 Å². The van der Waals surface area contributed by atoms with Gasteiger partial charge in [0.15, 0.2) is 0 Å². The third kappa shape index (κ3) is 3.43. The lowest BCUT2D eigenvalue weighted by molar-refractivity contribution is -0.00531. The van der Waals surface area contributed by atoms with Gasteiger partial charge in [0.25, 0.3) is 0 Å². The van der Waals surface area contributed by atoms with Crippen LogP contribution in [0.3, 0.4) is 0 Å². The fourth-order valence-electron chi connectivity index (χ4n) is 6.37. The molecule has 0 heterocycles. The molecule has 0 N–H and O–H groups in total. The lowest BCUT2D eigenvalue weighted by atomic mass is 9.48. The second-order valence-corrected chi connectivity index (χ2v) is 11.9. The van der Waals surface area contributed by atoms with Crippen molar-refractivity contribution in [2.45, 2.75) is 96.6 Å². The Labute approximate surface area is 170 Å². The Morgan fingerprint density at radius 3 is 1.39 bits per heavy atom. The van der Waals surface area contributed by atoms with Gasteiger partial charge in [0.05, 0.1) is 22.5 Å². The molecule has 1 aromatic rings. The van der Waals surface area contributed by atoms with E-state index in [9.17, 15) is 10.4 Å². The summed E-state index contributed by atoms with van der Waals surface area (Å²) in [5.41, 5.74) is 1.58. The second kappa shape index (κ2) is 6.37. The van der Waals surface area contributed by atoms with Gasteiger partial charge in [-0.1, -0.05) is 10.4 Å². The summed E-state index contributed by atoms with van der Waals surface area (Å²) in [4.78, 5) is 0. The number of hydrogen-bond acceptors (Lipinski definition) is 2. The van der Waals surface area contributed by atoms with Crippen molar-refractivity contribution in [3.05, 3.63) is 23.8 Å². The zero-order chi connectivity index (χ0) is 20.5. The monoisotopic (exact) mass is 384 g/mol. The highest BCUT2D eigenvalue weighted by Crippen LogP contribution is 2.61. The number of rotatable bonds is 3. The fourth-order valence-corrected chi connectivity index (χ4v) is 6.37. The molecule has 4 bridgehead atoms. The average molecular weight is 385 g/mol. The summed E-state index contributed by atoms with van der Waals surface area (Å²) in [6.45, 7) is 11.6. The maximum atomic E-state index is 13.1. The summed E-state index contributed by atoms with van der Waals surface area (Å²) in [5, 5.41) is 28.3. The first-order valence-corrected chi connectivity index (χ1v) is 11.0. The molecule has 0 aliphatic heterocycles. The molecule has 0 spiro atoms. The maximum absolute atomic E-state index is 13.1. The molecular formula is C24H36N2O2. The lowest BCUT2D eigenvalue weighted by Crippen LogP contribution is -2.48. The van der Waals surface area contributed by atoms with Crippen molar-refractivity contribution in [2.24, 2.45) is 17.8 Å². The van der Waals surface area contributed by atoms with Gasteiger partial charge >= 0.3 is 0 Å². The number of hydrogen-bond donors (Lipinski definition) is 0. The molecule has 5 rings (SSSR count). The van der Waals surface area contributed by atoms with Gasteiger partial charge in [-0.15, -0.1) is 0 Å². The molecule has 1 aromatic carbocycles. The molecule has 4 aliphatic carbocycles. The Morgan fingerprint density at radius 2 is 1.07 bits per heavy atom. The van der Waals surface area contributed by atoms with E-state index in [0.29, 0.717) is 11.4 Å². The van der Waals surface area contributed by atoms with Gasteiger partial charge in [-0.25, -0.2) is 10.1 Å². The van der Waals surface area contributed by atoms with Crippen LogP contribution in [0.2, 0.25) is 0 Å². The smallest absolute Gasteiger partial charge is 0.0698 e. The molecule has 28 heavy (non-hydrogen) atoms. The van der Waals surface area contributed by atoms with E-state index in [4.69, 9.17) is 0 Å². The Bertz CT molecular complexity index is 670. The molecule has 0 atom stereocenters. The minimum Gasteiger partial charge on any atom is -0.215 e. The van der Waals surface area contributed by atoms with E-state index in [-0.39, 0.29) is 5.41 Å². The normalized spacial score (nSPS) is 31.9. The standard InChI is InChI=1S/C24H36N2O2/c1-22(2,3)25(27)20-10-19(11-21(12-20)26(28)23(4,5)6)24-13-16-7-17(14-24)9-18(8-16)15-24/h10-12,16-18H,7-9,13-15H2,1-6H3. The summed E-state index contributed by atoms with van der Waals surface area (Å²) >= 11 is 0. The van der Waals surface area contributed by atoms with Gasteiger partial charge in [-0.3, -0.25) is 0 Å². The summed E-state index contributed by atoms with van der Waals surface area (Å²) in [6, 6.07) is 6.00. The average Bonchev–Trinajstić information content (AvgIpc) is 2.57. The van der Waals surface area contributed by atoms with Crippen molar-refractivity contribution in [3.8, 4) is 0 Å². The van der Waals surface area contributed by atoms with E-state index >= 15 is 0 Å². The van der Waals surface area contributed by atoms with Gasteiger partial charge in [-0.05, 0) is 127 Å². The molecule has 0 unspecified atom stereocenters.